The van der Waals surface area contributed by atoms with Crippen molar-refractivity contribution >= 4 is 15.9 Å². The van der Waals surface area contributed by atoms with Gasteiger partial charge in [0.15, 0.2) is 0 Å². The number of piperidine rings is 1. The molecule has 1 N–H and O–H groups in total. The van der Waals surface area contributed by atoms with Crippen LogP contribution in [0.15, 0.2) is 0 Å². The number of hydrogen-bond donors (Lipinski definition) is 1. The van der Waals surface area contributed by atoms with Gasteiger partial charge < -0.3 is 9.64 Å². The number of amides is 1. The fourth-order valence-corrected chi connectivity index (χ4v) is 2.82. The first-order valence-corrected chi connectivity index (χ1v) is 8.38. The molecule has 19 heavy (non-hydrogen) atoms. The molecule has 0 unspecified atom stereocenters. The summed E-state index contributed by atoms with van der Waals surface area (Å²) >= 11 is 0. The Morgan fingerprint density at radius 1 is 1.37 bits per heavy atom. The van der Waals surface area contributed by atoms with Gasteiger partial charge in [0.25, 0.3) is 0 Å². The first kappa shape index (κ1) is 16.4. The molecule has 1 heterocycles. The Morgan fingerprint density at radius 2 is 1.95 bits per heavy atom. The number of likely N-dealkylation sites (tertiary alicyclic amines) is 1. The van der Waals surface area contributed by atoms with Crippen LogP contribution in [0.4, 0.5) is 0 Å². The average Bonchev–Trinajstić information content (AvgIpc) is 2.36. The highest BCUT2D eigenvalue weighted by molar-refractivity contribution is 7.89. The van der Waals surface area contributed by atoms with Crippen molar-refractivity contribution in [3.05, 3.63) is 0 Å². The van der Waals surface area contributed by atoms with E-state index >= 15 is 0 Å². The monoisotopic (exact) mass is 292 g/mol. The van der Waals surface area contributed by atoms with Crippen molar-refractivity contribution in [3.63, 3.8) is 0 Å². The Labute approximate surface area is 115 Å². The molecule has 0 aromatic rings. The van der Waals surface area contributed by atoms with Crippen molar-refractivity contribution in [2.45, 2.75) is 45.8 Å². The van der Waals surface area contributed by atoms with Gasteiger partial charge in [-0.1, -0.05) is 0 Å². The molecule has 1 fully saturated rings. The number of hydrogen-bond acceptors (Lipinski definition) is 4. The standard InChI is InChI=1S/C12H24N2O4S/c1-4-19(16,17)13-11-5-7-14(8-6-11)12(15)9-18-10(2)3/h10-11,13H,4-9H2,1-3H3. The second-order valence-corrected chi connectivity index (χ2v) is 7.08. The van der Waals surface area contributed by atoms with Gasteiger partial charge in [-0.15, -0.1) is 0 Å². The molecule has 6 nitrogen and oxygen atoms in total. The van der Waals surface area contributed by atoms with E-state index in [2.05, 4.69) is 4.72 Å². The van der Waals surface area contributed by atoms with E-state index in [0.29, 0.717) is 25.9 Å². The summed E-state index contributed by atoms with van der Waals surface area (Å²) in [5.41, 5.74) is 0. The first-order chi connectivity index (χ1) is 8.84. The lowest BCUT2D eigenvalue weighted by Crippen LogP contribution is -2.47. The van der Waals surface area contributed by atoms with Gasteiger partial charge in [0.2, 0.25) is 15.9 Å². The summed E-state index contributed by atoms with van der Waals surface area (Å²) < 4.78 is 30.8. The molecular formula is C12H24N2O4S. The van der Waals surface area contributed by atoms with E-state index in [1.807, 2.05) is 13.8 Å². The molecule has 1 amide bonds. The molecule has 7 heteroatoms. The van der Waals surface area contributed by atoms with Gasteiger partial charge in [0.1, 0.15) is 6.61 Å². The summed E-state index contributed by atoms with van der Waals surface area (Å²) in [5, 5.41) is 0. The molecular weight excluding hydrogens is 268 g/mol. The minimum absolute atomic E-state index is 0.0227. The van der Waals surface area contributed by atoms with E-state index in [-0.39, 0.29) is 30.4 Å². The van der Waals surface area contributed by atoms with Crippen molar-refractivity contribution in [3.8, 4) is 0 Å². The summed E-state index contributed by atoms with van der Waals surface area (Å²) in [6.45, 7) is 6.65. The zero-order valence-electron chi connectivity index (χ0n) is 11.9. The number of sulfonamides is 1. The largest absolute Gasteiger partial charge is 0.369 e. The number of nitrogens with zero attached hydrogens (tertiary/aromatic N) is 1. The zero-order chi connectivity index (χ0) is 14.5. The molecule has 0 saturated carbocycles. The third kappa shape index (κ3) is 5.88. The molecule has 1 saturated heterocycles. The van der Waals surface area contributed by atoms with Crippen LogP contribution in [0.3, 0.4) is 0 Å². The lowest BCUT2D eigenvalue weighted by molar-refractivity contribution is -0.138. The van der Waals surface area contributed by atoms with Gasteiger partial charge in [-0.05, 0) is 33.6 Å². The average molecular weight is 292 g/mol. The van der Waals surface area contributed by atoms with Crippen molar-refractivity contribution < 1.29 is 17.9 Å². The highest BCUT2D eigenvalue weighted by atomic mass is 32.2. The molecule has 0 aromatic carbocycles. The minimum atomic E-state index is -3.16. The van der Waals surface area contributed by atoms with E-state index in [9.17, 15) is 13.2 Å². The van der Waals surface area contributed by atoms with E-state index in [4.69, 9.17) is 4.74 Å². The van der Waals surface area contributed by atoms with Crippen LogP contribution in [0.25, 0.3) is 0 Å². The lowest BCUT2D eigenvalue weighted by Gasteiger charge is -2.32. The molecule has 112 valence electrons. The van der Waals surface area contributed by atoms with Gasteiger partial charge in [0, 0.05) is 19.1 Å². The summed E-state index contributed by atoms with van der Waals surface area (Å²) in [6.07, 6.45) is 1.36. The van der Waals surface area contributed by atoms with Crippen molar-refractivity contribution in [2.24, 2.45) is 0 Å². The Morgan fingerprint density at radius 3 is 2.42 bits per heavy atom. The van der Waals surface area contributed by atoms with Crippen LogP contribution >= 0.6 is 0 Å². The SMILES string of the molecule is CCS(=O)(=O)NC1CCN(C(=O)COC(C)C)CC1. The van der Waals surface area contributed by atoms with Crippen molar-refractivity contribution in [2.75, 3.05) is 25.4 Å². The Kier molecular flexibility index (Phi) is 6.22. The smallest absolute Gasteiger partial charge is 0.248 e. The van der Waals surface area contributed by atoms with E-state index in [1.165, 1.54) is 0 Å². The molecule has 0 radical (unpaired) electrons. The van der Waals surface area contributed by atoms with E-state index in [1.54, 1.807) is 11.8 Å². The van der Waals surface area contributed by atoms with Crippen LogP contribution in [0.1, 0.15) is 33.6 Å². The molecule has 1 rings (SSSR count). The maximum absolute atomic E-state index is 11.8. The Balaban J connectivity index is 2.34. The minimum Gasteiger partial charge on any atom is -0.369 e. The molecule has 0 bridgehead atoms. The molecule has 0 atom stereocenters. The Bertz CT molecular complexity index is 387. The lowest BCUT2D eigenvalue weighted by atomic mass is 10.1. The van der Waals surface area contributed by atoms with Crippen LogP contribution in [0.2, 0.25) is 0 Å². The number of ether oxygens (including phenoxy) is 1. The molecule has 0 spiro atoms. The summed E-state index contributed by atoms with van der Waals surface area (Å²) in [7, 11) is -3.16. The van der Waals surface area contributed by atoms with E-state index < -0.39 is 10.0 Å². The third-order valence-corrected chi connectivity index (χ3v) is 4.57. The van der Waals surface area contributed by atoms with Crippen molar-refractivity contribution in [1.29, 1.82) is 0 Å². The molecule has 1 aliphatic rings. The maximum Gasteiger partial charge on any atom is 0.248 e. The number of carbonyl (C=O) groups is 1. The maximum atomic E-state index is 11.8. The molecule has 1 aliphatic heterocycles. The van der Waals surface area contributed by atoms with Gasteiger partial charge in [0.05, 0.1) is 11.9 Å². The van der Waals surface area contributed by atoms with Gasteiger partial charge in [-0.3, -0.25) is 4.79 Å². The zero-order valence-corrected chi connectivity index (χ0v) is 12.7. The van der Waals surface area contributed by atoms with Crippen molar-refractivity contribution in [1.82, 2.24) is 9.62 Å². The number of nitrogens with one attached hydrogen (secondary N) is 1. The Hall–Kier alpha value is -0.660. The van der Waals surface area contributed by atoms with Crippen LogP contribution in [-0.2, 0) is 19.6 Å². The molecule has 0 aromatic heterocycles. The summed E-state index contributed by atoms with van der Waals surface area (Å²) in [6, 6.07) is -0.0555. The van der Waals surface area contributed by atoms with E-state index in [0.717, 1.165) is 0 Å². The predicted octanol–water partition coefficient (Wildman–Crippen LogP) is 0.342. The van der Waals surface area contributed by atoms with Crippen LogP contribution in [0.5, 0.6) is 0 Å². The summed E-state index contributed by atoms with van der Waals surface area (Å²) in [4.78, 5) is 13.5. The van der Waals surface area contributed by atoms with Crippen LogP contribution in [-0.4, -0.2) is 56.8 Å². The number of carbonyl (C=O) groups excluding carboxylic acids is 1. The highest BCUT2D eigenvalue weighted by Gasteiger charge is 2.25. The second-order valence-electron chi connectivity index (χ2n) is 5.04. The topological polar surface area (TPSA) is 75.7 Å². The second kappa shape index (κ2) is 7.21. The van der Waals surface area contributed by atoms with Crippen LogP contribution < -0.4 is 4.72 Å². The van der Waals surface area contributed by atoms with Crippen LogP contribution in [0, 0.1) is 0 Å². The fourth-order valence-electron chi connectivity index (χ4n) is 1.91. The van der Waals surface area contributed by atoms with Gasteiger partial charge in [-0.2, -0.15) is 0 Å². The fraction of sp³-hybridized carbons (Fsp3) is 0.917. The third-order valence-electron chi connectivity index (χ3n) is 3.11. The first-order valence-electron chi connectivity index (χ1n) is 6.73. The summed E-state index contributed by atoms with van der Waals surface area (Å²) in [5.74, 6) is 0.0690. The molecule has 0 aliphatic carbocycles. The normalized spacial score (nSPS) is 18.0. The van der Waals surface area contributed by atoms with Gasteiger partial charge in [-0.25, -0.2) is 13.1 Å². The van der Waals surface area contributed by atoms with Gasteiger partial charge >= 0.3 is 0 Å². The number of rotatable bonds is 6. The predicted molar refractivity (Wildman–Crippen MR) is 73.3 cm³/mol. The quantitative estimate of drug-likeness (QED) is 0.766. The highest BCUT2D eigenvalue weighted by Crippen LogP contribution is 2.12.